The summed E-state index contributed by atoms with van der Waals surface area (Å²) in [7, 11) is 0. The molecule has 114 valence electrons. The van der Waals surface area contributed by atoms with E-state index >= 15 is 0 Å². The highest BCUT2D eigenvalue weighted by Crippen LogP contribution is 2.53. The number of carbonyl (C=O) groups excluding carboxylic acids is 1. The molecule has 0 aromatic heterocycles. The lowest BCUT2D eigenvalue weighted by atomic mass is 9.99. The van der Waals surface area contributed by atoms with Crippen molar-refractivity contribution in [2.24, 2.45) is 11.3 Å². The van der Waals surface area contributed by atoms with Crippen molar-refractivity contribution in [2.45, 2.75) is 52.2 Å². The molecule has 2 aliphatic rings. The van der Waals surface area contributed by atoms with Crippen LogP contribution in [0.2, 0.25) is 0 Å². The zero-order valence-electron chi connectivity index (χ0n) is 13.5. The van der Waals surface area contributed by atoms with Crippen molar-refractivity contribution in [1.82, 2.24) is 10.2 Å². The summed E-state index contributed by atoms with van der Waals surface area (Å²) < 4.78 is 0. The molecular formula is C18H26N2O. The third kappa shape index (κ3) is 2.48. The van der Waals surface area contributed by atoms with Crippen molar-refractivity contribution < 1.29 is 4.79 Å². The van der Waals surface area contributed by atoms with Gasteiger partial charge in [-0.1, -0.05) is 51.1 Å². The van der Waals surface area contributed by atoms with Crippen LogP contribution in [-0.2, 0) is 4.79 Å². The second-order valence-corrected chi connectivity index (χ2v) is 7.49. The van der Waals surface area contributed by atoms with E-state index in [1.807, 2.05) is 25.1 Å². The summed E-state index contributed by atoms with van der Waals surface area (Å²) in [6.07, 6.45) is 2.06. The van der Waals surface area contributed by atoms with Crippen LogP contribution in [-0.4, -0.2) is 22.9 Å². The van der Waals surface area contributed by atoms with E-state index in [0.29, 0.717) is 11.3 Å². The van der Waals surface area contributed by atoms with Gasteiger partial charge in [0, 0.05) is 6.54 Å². The Balaban J connectivity index is 1.87. The topological polar surface area (TPSA) is 32.3 Å². The summed E-state index contributed by atoms with van der Waals surface area (Å²) in [4.78, 5) is 14.9. The van der Waals surface area contributed by atoms with E-state index in [9.17, 15) is 4.79 Å². The van der Waals surface area contributed by atoms with Gasteiger partial charge in [-0.15, -0.1) is 0 Å². The van der Waals surface area contributed by atoms with E-state index in [0.717, 1.165) is 13.0 Å². The van der Waals surface area contributed by atoms with E-state index in [1.54, 1.807) is 0 Å². The van der Waals surface area contributed by atoms with E-state index in [4.69, 9.17) is 0 Å². The number of nitrogens with one attached hydrogen (secondary N) is 1. The van der Waals surface area contributed by atoms with Crippen molar-refractivity contribution >= 4 is 5.91 Å². The quantitative estimate of drug-likeness (QED) is 0.921. The average molecular weight is 286 g/mol. The lowest BCUT2D eigenvalue weighted by Gasteiger charge is -2.25. The summed E-state index contributed by atoms with van der Waals surface area (Å²) in [6.45, 7) is 9.57. The molecule has 1 saturated carbocycles. The molecule has 3 heteroatoms. The van der Waals surface area contributed by atoms with Crippen molar-refractivity contribution in [2.75, 3.05) is 6.54 Å². The minimum atomic E-state index is -0.431. The van der Waals surface area contributed by atoms with Crippen LogP contribution >= 0.6 is 0 Å². The normalized spacial score (nSPS) is 34.3. The third-order valence-electron chi connectivity index (χ3n) is 5.46. The van der Waals surface area contributed by atoms with Crippen LogP contribution in [0.25, 0.3) is 0 Å². The zero-order valence-corrected chi connectivity index (χ0v) is 13.5. The highest BCUT2D eigenvalue weighted by Gasteiger charge is 2.52. The van der Waals surface area contributed by atoms with Gasteiger partial charge in [0.15, 0.2) is 0 Å². The molecule has 0 bridgehead atoms. The van der Waals surface area contributed by atoms with E-state index in [-0.39, 0.29) is 12.1 Å². The molecule has 3 rings (SSSR count). The smallest absolute Gasteiger partial charge is 0.244 e. The maximum atomic E-state index is 12.9. The summed E-state index contributed by atoms with van der Waals surface area (Å²) >= 11 is 0. The Morgan fingerprint density at radius 1 is 1.24 bits per heavy atom. The maximum Gasteiger partial charge on any atom is 0.244 e. The number of hydrogen-bond acceptors (Lipinski definition) is 2. The van der Waals surface area contributed by atoms with Crippen LogP contribution in [0.3, 0.4) is 0 Å². The molecule has 1 heterocycles. The molecule has 1 aromatic rings. The Kier molecular flexibility index (Phi) is 3.36. The molecule has 1 amide bonds. The molecule has 0 radical (unpaired) electrons. The van der Waals surface area contributed by atoms with Crippen molar-refractivity contribution in [1.29, 1.82) is 0 Å². The van der Waals surface area contributed by atoms with Gasteiger partial charge in [-0.05, 0) is 36.7 Å². The number of amides is 1. The van der Waals surface area contributed by atoms with Crippen molar-refractivity contribution in [3.8, 4) is 0 Å². The predicted octanol–water partition coefficient (Wildman–Crippen LogP) is 3.33. The first-order valence-corrected chi connectivity index (χ1v) is 8.01. The minimum absolute atomic E-state index is 0.0139. The fourth-order valence-electron chi connectivity index (χ4n) is 3.34. The highest BCUT2D eigenvalue weighted by molar-refractivity contribution is 5.88. The monoisotopic (exact) mass is 286 g/mol. The second-order valence-electron chi connectivity index (χ2n) is 7.49. The largest absolute Gasteiger partial charge is 0.321 e. The minimum Gasteiger partial charge on any atom is -0.321 e. The van der Waals surface area contributed by atoms with Crippen LogP contribution < -0.4 is 5.32 Å². The van der Waals surface area contributed by atoms with E-state index < -0.39 is 5.54 Å². The SMILES string of the molecule is CCC1(C)NC(c2ccccc2)N(CC2CC2(C)C)C1=O. The summed E-state index contributed by atoms with van der Waals surface area (Å²) in [6, 6.07) is 10.3. The highest BCUT2D eigenvalue weighted by atomic mass is 16.2. The number of hydrogen-bond donors (Lipinski definition) is 1. The molecule has 1 N–H and O–H groups in total. The van der Waals surface area contributed by atoms with Crippen LogP contribution in [0.5, 0.6) is 0 Å². The fraction of sp³-hybridized carbons (Fsp3) is 0.611. The van der Waals surface area contributed by atoms with E-state index in [1.165, 1.54) is 12.0 Å². The molecule has 2 fully saturated rings. The Morgan fingerprint density at radius 2 is 1.86 bits per heavy atom. The molecule has 21 heavy (non-hydrogen) atoms. The molecule has 3 atom stereocenters. The zero-order chi connectivity index (χ0) is 15.3. The summed E-state index contributed by atoms with van der Waals surface area (Å²) in [5.41, 5.74) is 1.15. The third-order valence-corrected chi connectivity index (χ3v) is 5.46. The van der Waals surface area contributed by atoms with Gasteiger partial charge in [-0.25, -0.2) is 0 Å². The first kappa shape index (κ1) is 14.6. The van der Waals surface area contributed by atoms with Gasteiger partial charge in [0.2, 0.25) is 5.91 Å². The standard InChI is InChI=1S/C18H26N2O/c1-5-18(4)16(21)20(12-14-11-17(14,2)3)15(19-18)13-9-7-6-8-10-13/h6-10,14-15,19H,5,11-12H2,1-4H3. The molecular weight excluding hydrogens is 260 g/mol. The van der Waals surface area contributed by atoms with Gasteiger partial charge in [-0.2, -0.15) is 0 Å². The molecule has 1 aliphatic heterocycles. The molecule has 1 aromatic carbocycles. The van der Waals surface area contributed by atoms with Crippen LogP contribution in [0.1, 0.15) is 52.3 Å². The van der Waals surface area contributed by atoms with Gasteiger partial charge in [0.05, 0.1) is 5.54 Å². The van der Waals surface area contributed by atoms with Crippen molar-refractivity contribution in [3.63, 3.8) is 0 Å². The van der Waals surface area contributed by atoms with Gasteiger partial charge in [-0.3, -0.25) is 10.1 Å². The maximum absolute atomic E-state index is 12.9. The lowest BCUT2D eigenvalue weighted by Crippen LogP contribution is -2.43. The molecule has 1 aliphatic carbocycles. The first-order chi connectivity index (χ1) is 9.87. The Labute approximate surface area is 127 Å². The van der Waals surface area contributed by atoms with Gasteiger partial charge in [0.25, 0.3) is 0 Å². The average Bonchev–Trinajstić information content (AvgIpc) is 3.00. The van der Waals surface area contributed by atoms with Gasteiger partial charge >= 0.3 is 0 Å². The van der Waals surface area contributed by atoms with Gasteiger partial charge in [0.1, 0.15) is 6.17 Å². The van der Waals surface area contributed by atoms with E-state index in [2.05, 4.69) is 43.1 Å². The Bertz CT molecular complexity index is 539. The lowest BCUT2D eigenvalue weighted by molar-refractivity contribution is -0.133. The molecule has 0 spiro atoms. The molecule has 3 unspecified atom stereocenters. The predicted molar refractivity (Wildman–Crippen MR) is 84.6 cm³/mol. The van der Waals surface area contributed by atoms with Gasteiger partial charge < -0.3 is 4.90 Å². The number of nitrogens with zero attached hydrogens (tertiary/aromatic N) is 1. The van der Waals surface area contributed by atoms with Crippen molar-refractivity contribution in [3.05, 3.63) is 35.9 Å². The number of benzene rings is 1. The molecule has 1 saturated heterocycles. The van der Waals surface area contributed by atoms with Crippen LogP contribution in [0, 0.1) is 11.3 Å². The summed E-state index contributed by atoms with van der Waals surface area (Å²) in [5.74, 6) is 0.884. The molecule has 3 nitrogen and oxygen atoms in total. The van der Waals surface area contributed by atoms with Crippen LogP contribution in [0.15, 0.2) is 30.3 Å². The summed E-state index contributed by atoms with van der Waals surface area (Å²) in [5, 5.41) is 3.57. The Hall–Kier alpha value is -1.35. The fourth-order valence-corrected chi connectivity index (χ4v) is 3.34. The number of carbonyl (C=O) groups is 1. The first-order valence-electron chi connectivity index (χ1n) is 8.01. The van der Waals surface area contributed by atoms with Crippen LogP contribution in [0.4, 0.5) is 0 Å². The number of rotatable bonds is 4. The second kappa shape index (κ2) is 4.84. The Morgan fingerprint density at radius 3 is 2.38 bits per heavy atom.